The molecule has 2 fully saturated rings. The van der Waals surface area contributed by atoms with Crippen LogP contribution in [-0.4, -0.2) is 74.5 Å². The Hall–Kier alpha value is -3.06. The molecule has 2 aliphatic heterocycles. The second kappa shape index (κ2) is 10.5. The molecule has 0 aliphatic carbocycles. The monoisotopic (exact) mass is 436 g/mol. The summed E-state index contributed by atoms with van der Waals surface area (Å²) in [5, 5.41) is 3.00. The molecule has 32 heavy (non-hydrogen) atoms. The number of anilines is 2. The number of piperidine rings is 1. The highest BCUT2D eigenvalue weighted by molar-refractivity contribution is 6.06. The number of para-hydroxylation sites is 1. The van der Waals surface area contributed by atoms with Crippen LogP contribution in [0.3, 0.4) is 0 Å². The van der Waals surface area contributed by atoms with E-state index in [-0.39, 0.29) is 5.91 Å². The van der Waals surface area contributed by atoms with Crippen molar-refractivity contribution in [2.24, 2.45) is 0 Å². The molecule has 1 N–H and O–H groups in total. The third-order valence-electron chi connectivity index (χ3n) is 6.52. The lowest BCUT2D eigenvalue weighted by Crippen LogP contribution is -2.46. The first kappa shape index (κ1) is 22.1. The van der Waals surface area contributed by atoms with Gasteiger partial charge in [-0.05, 0) is 49.6 Å². The van der Waals surface area contributed by atoms with Crippen molar-refractivity contribution >= 4 is 23.7 Å². The fourth-order valence-corrected chi connectivity index (χ4v) is 4.73. The van der Waals surface area contributed by atoms with Gasteiger partial charge in [-0.25, -0.2) is 0 Å². The summed E-state index contributed by atoms with van der Waals surface area (Å²) in [5.41, 5.74) is 2.43. The predicted octanol–water partition coefficient (Wildman–Crippen LogP) is 3.08. The molecule has 0 radical (unpaired) electrons. The Morgan fingerprint density at radius 3 is 2.59 bits per heavy atom. The lowest BCUT2D eigenvalue weighted by Gasteiger charge is -2.39. The number of rotatable bonds is 6. The Morgan fingerprint density at radius 1 is 1.00 bits per heavy atom. The molecule has 2 saturated heterocycles. The van der Waals surface area contributed by atoms with Gasteiger partial charge in [0.05, 0.1) is 12.7 Å². The van der Waals surface area contributed by atoms with Gasteiger partial charge in [0.15, 0.2) is 0 Å². The van der Waals surface area contributed by atoms with Crippen LogP contribution in [0.1, 0.15) is 29.6 Å². The highest BCUT2D eigenvalue weighted by atomic mass is 16.5. The smallest absolute Gasteiger partial charge is 0.259 e. The quantitative estimate of drug-likeness (QED) is 0.705. The highest BCUT2D eigenvalue weighted by Crippen LogP contribution is 2.26. The highest BCUT2D eigenvalue weighted by Gasteiger charge is 2.26. The van der Waals surface area contributed by atoms with E-state index in [0.29, 0.717) is 17.4 Å². The van der Waals surface area contributed by atoms with E-state index in [9.17, 15) is 9.59 Å². The maximum absolute atomic E-state index is 12.7. The SMILES string of the molecule is COc1ccccc1C(=O)Nc1cccc(N2CCC(N3CCCN(C=O)CC3)CC2)c1. The van der Waals surface area contributed by atoms with Crippen molar-refractivity contribution in [3.63, 3.8) is 0 Å². The number of hydrogen-bond acceptors (Lipinski definition) is 5. The van der Waals surface area contributed by atoms with Gasteiger partial charge in [-0.1, -0.05) is 18.2 Å². The van der Waals surface area contributed by atoms with Gasteiger partial charge in [-0.3, -0.25) is 14.5 Å². The van der Waals surface area contributed by atoms with Gasteiger partial charge in [0.25, 0.3) is 5.91 Å². The number of nitrogens with zero attached hydrogens (tertiary/aromatic N) is 3. The van der Waals surface area contributed by atoms with E-state index < -0.39 is 0 Å². The minimum absolute atomic E-state index is 0.177. The zero-order chi connectivity index (χ0) is 22.3. The van der Waals surface area contributed by atoms with E-state index in [2.05, 4.69) is 21.2 Å². The molecule has 7 heteroatoms. The summed E-state index contributed by atoms with van der Waals surface area (Å²) in [5.74, 6) is 0.386. The number of hydrogen-bond donors (Lipinski definition) is 1. The molecule has 2 heterocycles. The summed E-state index contributed by atoms with van der Waals surface area (Å²) >= 11 is 0. The third-order valence-corrected chi connectivity index (χ3v) is 6.52. The van der Waals surface area contributed by atoms with Crippen molar-refractivity contribution < 1.29 is 14.3 Å². The van der Waals surface area contributed by atoms with Gasteiger partial charge in [-0.15, -0.1) is 0 Å². The van der Waals surface area contributed by atoms with Crippen LogP contribution < -0.4 is 15.0 Å². The average Bonchev–Trinajstić information content (AvgIpc) is 3.10. The van der Waals surface area contributed by atoms with Gasteiger partial charge in [0, 0.05) is 56.7 Å². The molecule has 0 unspecified atom stereocenters. The van der Waals surface area contributed by atoms with Crippen LogP contribution in [-0.2, 0) is 4.79 Å². The first-order chi connectivity index (χ1) is 15.7. The number of carbonyl (C=O) groups is 2. The molecule has 2 aromatic rings. The minimum Gasteiger partial charge on any atom is -0.496 e. The maximum Gasteiger partial charge on any atom is 0.259 e. The summed E-state index contributed by atoms with van der Waals surface area (Å²) in [6, 6.07) is 15.9. The molecule has 4 rings (SSSR count). The average molecular weight is 437 g/mol. The predicted molar refractivity (Wildman–Crippen MR) is 126 cm³/mol. The van der Waals surface area contributed by atoms with Gasteiger partial charge in [-0.2, -0.15) is 0 Å². The zero-order valence-electron chi connectivity index (χ0n) is 18.7. The summed E-state index contributed by atoms with van der Waals surface area (Å²) in [6.45, 7) is 5.71. The van der Waals surface area contributed by atoms with Crippen molar-refractivity contribution in [1.29, 1.82) is 0 Å². The van der Waals surface area contributed by atoms with Gasteiger partial charge < -0.3 is 19.9 Å². The zero-order valence-corrected chi connectivity index (χ0v) is 18.7. The standard InChI is InChI=1S/C25H32N4O3/c1-32-24-9-3-2-8-23(24)25(31)26-20-6-4-7-22(18-20)29-14-10-21(11-15-29)28-13-5-12-27(19-30)16-17-28/h2-4,6-9,18-19,21H,5,10-17H2,1H3,(H,26,31). The Kier molecular flexibility index (Phi) is 7.27. The maximum atomic E-state index is 12.7. The van der Waals surface area contributed by atoms with Crippen LogP contribution in [0.15, 0.2) is 48.5 Å². The molecule has 7 nitrogen and oxygen atoms in total. The van der Waals surface area contributed by atoms with E-state index in [1.54, 1.807) is 19.2 Å². The van der Waals surface area contributed by atoms with Gasteiger partial charge in [0.1, 0.15) is 5.75 Å². The number of methoxy groups -OCH3 is 1. The van der Waals surface area contributed by atoms with Crippen LogP contribution in [0.2, 0.25) is 0 Å². The number of carbonyl (C=O) groups excluding carboxylic acids is 2. The van der Waals surface area contributed by atoms with Crippen LogP contribution >= 0.6 is 0 Å². The largest absolute Gasteiger partial charge is 0.496 e. The van der Waals surface area contributed by atoms with Crippen molar-refractivity contribution in [1.82, 2.24) is 9.80 Å². The molecule has 2 aliphatic rings. The Labute approximate surface area is 189 Å². The van der Waals surface area contributed by atoms with Crippen LogP contribution in [0.25, 0.3) is 0 Å². The van der Waals surface area contributed by atoms with E-state index in [0.717, 1.165) is 76.3 Å². The van der Waals surface area contributed by atoms with Crippen molar-refractivity contribution in [2.75, 3.05) is 56.6 Å². The molecule has 2 aromatic carbocycles. The lowest BCUT2D eigenvalue weighted by atomic mass is 10.0. The van der Waals surface area contributed by atoms with E-state index in [1.165, 1.54) is 0 Å². The second-order valence-corrected chi connectivity index (χ2v) is 8.45. The molecule has 0 bridgehead atoms. The van der Waals surface area contributed by atoms with Crippen LogP contribution in [0.5, 0.6) is 5.75 Å². The number of nitrogens with one attached hydrogen (secondary N) is 1. The van der Waals surface area contributed by atoms with Crippen molar-refractivity contribution in [3.05, 3.63) is 54.1 Å². The topological polar surface area (TPSA) is 65.1 Å². The number of ether oxygens (including phenoxy) is 1. The van der Waals surface area contributed by atoms with Crippen LogP contribution in [0, 0.1) is 0 Å². The summed E-state index contributed by atoms with van der Waals surface area (Å²) in [6.07, 6.45) is 4.25. The lowest BCUT2D eigenvalue weighted by molar-refractivity contribution is -0.118. The van der Waals surface area contributed by atoms with E-state index >= 15 is 0 Å². The number of benzene rings is 2. The fourth-order valence-electron chi connectivity index (χ4n) is 4.73. The Morgan fingerprint density at radius 2 is 1.81 bits per heavy atom. The van der Waals surface area contributed by atoms with Gasteiger partial charge in [0.2, 0.25) is 6.41 Å². The molecular weight excluding hydrogens is 404 g/mol. The normalized spacial score (nSPS) is 18.2. The molecule has 0 atom stereocenters. The van der Waals surface area contributed by atoms with E-state index in [1.807, 2.05) is 35.2 Å². The third kappa shape index (κ3) is 5.22. The second-order valence-electron chi connectivity index (χ2n) is 8.45. The van der Waals surface area contributed by atoms with E-state index in [4.69, 9.17) is 4.74 Å². The molecule has 0 aromatic heterocycles. The Bertz CT molecular complexity index is 927. The van der Waals surface area contributed by atoms with Gasteiger partial charge >= 0.3 is 0 Å². The fraction of sp³-hybridized carbons (Fsp3) is 0.440. The summed E-state index contributed by atoms with van der Waals surface area (Å²) in [7, 11) is 1.57. The first-order valence-electron chi connectivity index (χ1n) is 11.4. The molecule has 2 amide bonds. The van der Waals surface area contributed by atoms with Crippen LogP contribution in [0.4, 0.5) is 11.4 Å². The number of amides is 2. The molecule has 0 spiro atoms. The van der Waals surface area contributed by atoms with Crippen molar-refractivity contribution in [3.8, 4) is 5.75 Å². The summed E-state index contributed by atoms with van der Waals surface area (Å²) in [4.78, 5) is 30.7. The molecular formula is C25H32N4O3. The molecule has 0 saturated carbocycles. The first-order valence-corrected chi connectivity index (χ1v) is 11.4. The summed E-state index contributed by atoms with van der Waals surface area (Å²) < 4.78 is 5.31. The molecule has 170 valence electrons. The minimum atomic E-state index is -0.177. The van der Waals surface area contributed by atoms with Crippen molar-refractivity contribution in [2.45, 2.75) is 25.3 Å². The Balaban J connectivity index is 1.35.